The normalized spacial score (nSPS) is 17.7. The van der Waals surface area contributed by atoms with Gasteiger partial charge in [-0.3, -0.25) is 9.36 Å². The zero-order valence-corrected chi connectivity index (χ0v) is 10.1. The average molecular weight is 235 g/mol. The third-order valence-electron chi connectivity index (χ3n) is 2.76. The highest BCUT2D eigenvalue weighted by Gasteiger charge is 2.41. The third kappa shape index (κ3) is 3.78. The van der Waals surface area contributed by atoms with E-state index in [-0.39, 0.29) is 0 Å². The molecule has 0 aromatic carbocycles. The Bertz CT molecular complexity index is 298. The molecule has 0 aromatic heterocycles. The van der Waals surface area contributed by atoms with E-state index < -0.39 is 24.7 Å². The largest absolute Gasteiger partial charge is 0.347 e. The topological polar surface area (TPSA) is 86.6 Å². The molecule has 0 aromatic rings. The van der Waals surface area contributed by atoms with Crippen molar-refractivity contribution < 1.29 is 19.1 Å². The number of carbonyl (C=O) groups is 1. The molecule has 1 amide bonds. The molecule has 0 spiro atoms. The number of nitrogens with one attached hydrogen (secondary N) is 1. The number of carbonyl (C=O) groups excluding carboxylic acids is 1. The van der Waals surface area contributed by atoms with Gasteiger partial charge in [0.15, 0.2) is 0 Å². The first kappa shape index (κ1) is 14.4. The molecule has 0 aliphatic rings. The van der Waals surface area contributed by atoms with Crippen LogP contribution in [0.25, 0.3) is 0 Å². The molecule has 0 saturated heterocycles. The monoisotopic (exact) mass is 235 g/mol. The lowest BCUT2D eigenvalue weighted by atomic mass is 9.95. The van der Waals surface area contributed by atoms with Crippen molar-refractivity contribution in [3.8, 4) is 0 Å². The highest BCUT2D eigenvalue weighted by atomic mass is 31.2. The van der Waals surface area contributed by atoms with Crippen molar-refractivity contribution >= 4 is 13.5 Å². The van der Waals surface area contributed by atoms with E-state index >= 15 is 0 Å². The van der Waals surface area contributed by atoms with Crippen LogP contribution in [0.4, 0.5) is 0 Å². The Labute approximate surface area is 89.7 Å². The summed E-state index contributed by atoms with van der Waals surface area (Å²) in [5.74, 6) is -0.431. The van der Waals surface area contributed by atoms with E-state index in [1.807, 2.05) is 0 Å². The maximum absolute atomic E-state index is 11.1. The minimum Gasteiger partial charge on any atom is -0.347 e. The van der Waals surface area contributed by atoms with Gasteiger partial charge in [-0.1, -0.05) is 13.5 Å². The fourth-order valence-corrected chi connectivity index (χ4v) is 2.18. The van der Waals surface area contributed by atoms with Gasteiger partial charge in [0, 0.05) is 0 Å². The van der Waals surface area contributed by atoms with Crippen LogP contribution >= 0.6 is 7.60 Å². The van der Waals surface area contributed by atoms with Crippen molar-refractivity contribution in [2.24, 2.45) is 0 Å². The molecule has 0 radical (unpaired) electrons. The van der Waals surface area contributed by atoms with Gasteiger partial charge in [0.25, 0.3) is 0 Å². The van der Waals surface area contributed by atoms with Gasteiger partial charge in [0.2, 0.25) is 5.91 Å². The van der Waals surface area contributed by atoms with Crippen LogP contribution in [-0.4, -0.2) is 26.9 Å². The van der Waals surface area contributed by atoms with Gasteiger partial charge in [0.1, 0.15) is 0 Å². The summed E-state index contributed by atoms with van der Waals surface area (Å²) in [6, 6.07) is 0. The lowest BCUT2D eigenvalue weighted by Crippen LogP contribution is -2.52. The lowest BCUT2D eigenvalue weighted by molar-refractivity contribution is -0.118. The molecule has 0 bridgehead atoms. The molecule has 0 rings (SSSR count). The van der Waals surface area contributed by atoms with Crippen LogP contribution in [-0.2, 0) is 9.36 Å². The Morgan fingerprint density at radius 3 is 2.40 bits per heavy atom. The number of hydrogen-bond donors (Lipinski definition) is 3. The van der Waals surface area contributed by atoms with Crippen LogP contribution in [0.15, 0.2) is 12.7 Å². The van der Waals surface area contributed by atoms with E-state index in [0.717, 1.165) is 6.08 Å². The van der Waals surface area contributed by atoms with Crippen molar-refractivity contribution in [2.75, 3.05) is 0 Å². The quantitative estimate of drug-likeness (QED) is 0.490. The fourth-order valence-electron chi connectivity index (χ4n) is 1.19. The highest BCUT2D eigenvalue weighted by molar-refractivity contribution is 7.52. The van der Waals surface area contributed by atoms with Gasteiger partial charge < -0.3 is 15.1 Å². The summed E-state index contributed by atoms with van der Waals surface area (Å²) in [5.41, 5.74) is -1.86. The van der Waals surface area contributed by atoms with Crippen LogP contribution < -0.4 is 5.32 Å². The second-order valence-corrected chi connectivity index (χ2v) is 5.68. The number of amides is 1. The number of hydrogen-bond acceptors (Lipinski definition) is 2. The second kappa shape index (κ2) is 4.92. The van der Waals surface area contributed by atoms with Gasteiger partial charge in [-0.2, -0.15) is 0 Å². The Kier molecular flexibility index (Phi) is 4.71. The van der Waals surface area contributed by atoms with Crippen molar-refractivity contribution in [1.29, 1.82) is 0 Å². The summed E-state index contributed by atoms with van der Waals surface area (Å²) in [7, 11) is -4.21. The third-order valence-corrected chi connectivity index (χ3v) is 4.33. The molecular weight excluding hydrogens is 217 g/mol. The standard InChI is InChI=1S/C9H18NO4P/c1-5-8(11)10-9(4,6-2)7(3)15(12,13)14/h5,7H,1,6H2,2-4H3,(H,10,11)(H2,12,13,14). The van der Waals surface area contributed by atoms with Gasteiger partial charge in [-0.05, 0) is 26.3 Å². The summed E-state index contributed by atoms with van der Waals surface area (Å²) < 4.78 is 11.1. The Balaban J connectivity index is 4.93. The Morgan fingerprint density at radius 1 is 1.67 bits per heavy atom. The van der Waals surface area contributed by atoms with Crippen LogP contribution in [0.5, 0.6) is 0 Å². The molecule has 88 valence electrons. The molecule has 3 N–H and O–H groups in total. The molecule has 15 heavy (non-hydrogen) atoms. The van der Waals surface area contributed by atoms with Crippen molar-refractivity contribution in [3.05, 3.63) is 12.7 Å². The van der Waals surface area contributed by atoms with Gasteiger partial charge in [0.05, 0.1) is 11.2 Å². The van der Waals surface area contributed by atoms with Crippen LogP contribution in [0.1, 0.15) is 27.2 Å². The molecule has 0 aliphatic carbocycles. The van der Waals surface area contributed by atoms with E-state index in [2.05, 4.69) is 11.9 Å². The van der Waals surface area contributed by atoms with Gasteiger partial charge in [-0.25, -0.2) is 0 Å². The molecule has 5 nitrogen and oxygen atoms in total. The summed E-state index contributed by atoms with van der Waals surface area (Å²) in [6.45, 7) is 8.09. The van der Waals surface area contributed by atoms with Crippen LogP contribution in [0, 0.1) is 0 Å². The van der Waals surface area contributed by atoms with Gasteiger partial charge >= 0.3 is 7.60 Å². The Morgan fingerprint density at radius 2 is 2.13 bits per heavy atom. The van der Waals surface area contributed by atoms with Crippen molar-refractivity contribution in [3.63, 3.8) is 0 Å². The molecular formula is C9H18NO4P. The van der Waals surface area contributed by atoms with E-state index in [0.29, 0.717) is 6.42 Å². The predicted octanol–water partition coefficient (Wildman–Crippen LogP) is 1.02. The first-order chi connectivity index (χ1) is 6.67. The maximum Gasteiger partial charge on any atom is 0.330 e. The smallest absolute Gasteiger partial charge is 0.330 e. The molecule has 2 atom stereocenters. The first-order valence-electron chi connectivity index (χ1n) is 4.67. The summed E-state index contributed by atoms with van der Waals surface area (Å²) in [6.07, 6.45) is 1.51. The molecule has 2 unspecified atom stereocenters. The first-order valence-corrected chi connectivity index (χ1v) is 6.35. The molecule has 0 saturated carbocycles. The predicted molar refractivity (Wildman–Crippen MR) is 58.5 cm³/mol. The minimum atomic E-state index is -4.21. The molecule has 6 heteroatoms. The number of rotatable bonds is 5. The zero-order chi connectivity index (χ0) is 12.3. The van der Waals surface area contributed by atoms with Crippen LogP contribution in [0.3, 0.4) is 0 Å². The highest BCUT2D eigenvalue weighted by Crippen LogP contribution is 2.46. The molecule has 0 fully saturated rings. The fraction of sp³-hybridized carbons (Fsp3) is 0.667. The van der Waals surface area contributed by atoms with Crippen LogP contribution in [0.2, 0.25) is 0 Å². The second-order valence-electron chi connectivity index (χ2n) is 3.73. The lowest BCUT2D eigenvalue weighted by Gasteiger charge is -2.35. The van der Waals surface area contributed by atoms with E-state index in [1.165, 1.54) is 6.92 Å². The minimum absolute atomic E-state index is 0.429. The molecule has 0 heterocycles. The zero-order valence-electron chi connectivity index (χ0n) is 9.23. The van der Waals surface area contributed by atoms with E-state index in [1.54, 1.807) is 13.8 Å². The maximum atomic E-state index is 11.1. The van der Waals surface area contributed by atoms with Crippen molar-refractivity contribution in [1.82, 2.24) is 5.32 Å². The summed E-state index contributed by atoms with van der Waals surface area (Å²) >= 11 is 0. The summed E-state index contributed by atoms with van der Waals surface area (Å²) in [4.78, 5) is 29.3. The van der Waals surface area contributed by atoms with E-state index in [4.69, 9.17) is 9.79 Å². The molecule has 0 aliphatic heterocycles. The Hall–Kier alpha value is -0.640. The SMILES string of the molecule is C=CC(=O)NC(C)(CC)C(C)P(=O)(O)O. The van der Waals surface area contributed by atoms with E-state index in [9.17, 15) is 9.36 Å². The average Bonchev–Trinajstić information content (AvgIpc) is 2.14. The van der Waals surface area contributed by atoms with Crippen molar-refractivity contribution in [2.45, 2.75) is 38.4 Å². The summed E-state index contributed by atoms with van der Waals surface area (Å²) in [5, 5.41) is 2.55. The van der Waals surface area contributed by atoms with Gasteiger partial charge in [-0.15, -0.1) is 0 Å².